The fraction of sp³-hybridized carbons (Fsp3) is 0. The molecule has 0 aliphatic carbocycles. The molecule has 0 radical (unpaired) electrons. The van der Waals surface area contributed by atoms with Crippen molar-refractivity contribution in [1.82, 2.24) is 0 Å². The van der Waals surface area contributed by atoms with Crippen molar-refractivity contribution < 1.29 is 4.42 Å². The fourth-order valence-electron chi connectivity index (χ4n) is 10.9. The van der Waals surface area contributed by atoms with E-state index in [1.165, 1.54) is 74.0 Å². The molecule has 322 valence electrons. The Labute approximate surface area is 402 Å². The summed E-state index contributed by atoms with van der Waals surface area (Å²) in [5.41, 5.74) is 9.50. The molecule has 12 aromatic carbocycles. The Hall–Kier alpha value is -8.76. The van der Waals surface area contributed by atoms with Crippen LogP contribution in [0.3, 0.4) is 0 Å². The highest BCUT2D eigenvalue weighted by Gasteiger charge is 2.20. The zero-order valence-corrected chi connectivity index (χ0v) is 38.3. The van der Waals surface area contributed by atoms with Crippen LogP contribution in [0.15, 0.2) is 253 Å². The molecule has 0 aliphatic heterocycles. The smallest absolute Gasteiger partial charge is 0.143 e. The van der Waals surface area contributed by atoms with E-state index in [1.54, 1.807) is 0 Å². The van der Waals surface area contributed by atoms with E-state index in [0.29, 0.717) is 0 Å². The lowest BCUT2D eigenvalue weighted by Crippen LogP contribution is -2.11. The second-order valence-electron chi connectivity index (χ2n) is 17.9. The molecule has 0 aliphatic rings. The molecular formula is C66H41NOS. The van der Waals surface area contributed by atoms with Gasteiger partial charge in [0.1, 0.15) is 11.2 Å². The highest BCUT2D eigenvalue weighted by atomic mass is 32.1. The molecule has 0 saturated heterocycles. The minimum Gasteiger partial charge on any atom is -0.455 e. The van der Waals surface area contributed by atoms with Crippen LogP contribution in [0.4, 0.5) is 17.1 Å². The molecule has 2 aromatic heterocycles. The molecule has 69 heavy (non-hydrogen) atoms. The monoisotopic (exact) mass is 895 g/mol. The van der Waals surface area contributed by atoms with Crippen molar-refractivity contribution in [3.63, 3.8) is 0 Å². The van der Waals surface area contributed by atoms with Crippen LogP contribution >= 0.6 is 11.3 Å². The number of thiophene rings is 1. The van der Waals surface area contributed by atoms with Crippen molar-refractivity contribution >= 4 is 124 Å². The van der Waals surface area contributed by atoms with Crippen molar-refractivity contribution in [1.29, 1.82) is 0 Å². The highest BCUT2D eigenvalue weighted by Crippen LogP contribution is 2.46. The third-order valence-corrected chi connectivity index (χ3v) is 15.2. The van der Waals surface area contributed by atoms with Crippen LogP contribution in [-0.4, -0.2) is 0 Å². The zero-order valence-electron chi connectivity index (χ0n) is 37.4. The Morgan fingerprint density at radius 2 is 0.768 bits per heavy atom. The average Bonchev–Trinajstić information content (AvgIpc) is 3.99. The number of para-hydroxylation sites is 3. The van der Waals surface area contributed by atoms with Gasteiger partial charge in [-0.15, -0.1) is 11.3 Å². The molecule has 0 spiro atoms. The third kappa shape index (κ3) is 6.39. The van der Waals surface area contributed by atoms with Gasteiger partial charge in [-0.1, -0.05) is 194 Å². The van der Waals surface area contributed by atoms with Crippen LogP contribution < -0.4 is 4.90 Å². The van der Waals surface area contributed by atoms with Crippen LogP contribution in [0.1, 0.15) is 0 Å². The van der Waals surface area contributed by atoms with Crippen molar-refractivity contribution in [2.24, 2.45) is 0 Å². The van der Waals surface area contributed by atoms with E-state index in [4.69, 9.17) is 4.42 Å². The minimum atomic E-state index is 0.899. The number of hydrogen-bond donors (Lipinski definition) is 0. The summed E-state index contributed by atoms with van der Waals surface area (Å²) in [7, 11) is 0. The van der Waals surface area contributed by atoms with E-state index in [1.807, 2.05) is 17.4 Å². The highest BCUT2D eigenvalue weighted by molar-refractivity contribution is 7.25. The molecule has 14 aromatic rings. The van der Waals surface area contributed by atoms with Gasteiger partial charge in [0.2, 0.25) is 0 Å². The predicted octanol–water partition coefficient (Wildman–Crippen LogP) is 19.6. The molecule has 0 bridgehead atoms. The normalized spacial score (nSPS) is 11.8. The molecular weight excluding hydrogens is 855 g/mol. The van der Waals surface area contributed by atoms with E-state index in [2.05, 4.69) is 248 Å². The maximum absolute atomic E-state index is 6.54. The predicted molar refractivity (Wildman–Crippen MR) is 297 cm³/mol. The first-order valence-corrected chi connectivity index (χ1v) is 24.4. The minimum absolute atomic E-state index is 0.899. The molecule has 0 fully saturated rings. The van der Waals surface area contributed by atoms with Gasteiger partial charge >= 0.3 is 0 Å². The summed E-state index contributed by atoms with van der Waals surface area (Å²) in [5.74, 6) is 0. The van der Waals surface area contributed by atoms with Gasteiger partial charge in [0.25, 0.3) is 0 Å². The third-order valence-electron chi connectivity index (χ3n) is 14.1. The number of rotatable bonds is 5. The number of hydrogen-bond acceptors (Lipinski definition) is 3. The van der Waals surface area contributed by atoms with Crippen LogP contribution in [0.5, 0.6) is 0 Å². The number of fused-ring (bicyclic) bond motifs is 16. The Kier molecular flexibility index (Phi) is 9.11. The van der Waals surface area contributed by atoms with Crippen LogP contribution in [0.25, 0.3) is 118 Å². The molecule has 0 N–H and O–H groups in total. The van der Waals surface area contributed by atoms with Gasteiger partial charge in [-0.05, 0) is 120 Å². The first-order valence-electron chi connectivity index (χ1n) is 23.6. The summed E-state index contributed by atoms with van der Waals surface area (Å²) in [5, 5.41) is 16.9. The van der Waals surface area contributed by atoms with Crippen LogP contribution in [0.2, 0.25) is 0 Å². The fourth-order valence-corrected chi connectivity index (χ4v) is 12.1. The van der Waals surface area contributed by atoms with E-state index < -0.39 is 0 Å². The average molecular weight is 896 g/mol. The molecule has 0 amide bonds. The topological polar surface area (TPSA) is 16.4 Å². The van der Waals surface area contributed by atoms with Gasteiger partial charge in [0.15, 0.2) is 0 Å². The summed E-state index contributed by atoms with van der Waals surface area (Å²) in [6, 6.07) is 91.2. The molecule has 0 saturated carbocycles. The lowest BCUT2D eigenvalue weighted by molar-refractivity contribution is 0.670. The second-order valence-corrected chi connectivity index (χ2v) is 19.0. The van der Waals surface area contributed by atoms with E-state index in [0.717, 1.165) is 61.3 Å². The number of furan rings is 1. The summed E-state index contributed by atoms with van der Waals surface area (Å²) in [6.07, 6.45) is 0. The van der Waals surface area contributed by atoms with Gasteiger partial charge in [-0.3, -0.25) is 0 Å². The molecule has 14 rings (SSSR count). The molecule has 0 unspecified atom stereocenters. The largest absolute Gasteiger partial charge is 0.455 e. The molecule has 0 atom stereocenters. The molecule has 3 heteroatoms. The Morgan fingerprint density at radius 3 is 1.48 bits per heavy atom. The van der Waals surface area contributed by atoms with Gasteiger partial charge in [0.05, 0.1) is 5.69 Å². The van der Waals surface area contributed by atoms with Crippen molar-refractivity contribution in [3.8, 4) is 22.3 Å². The van der Waals surface area contributed by atoms with Crippen molar-refractivity contribution in [2.45, 2.75) is 0 Å². The second kappa shape index (κ2) is 16.0. The lowest BCUT2D eigenvalue weighted by Gasteiger charge is -2.28. The number of nitrogens with zero attached hydrogens (tertiary/aromatic N) is 1. The quantitative estimate of drug-likeness (QED) is 0.171. The van der Waals surface area contributed by atoms with E-state index in [9.17, 15) is 0 Å². The van der Waals surface area contributed by atoms with Crippen molar-refractivity contribution in [2.75, 3.05) is 4.90 Å². The maximum atomic E-state index is 6.54. The maximum Gasteiger partial charge on any atom is 0.143 e. The summed E-state index contributed by atoms with van der Waals surface area (Å²) in [6.45, 7) is 0. The molecule has 2 nitrogen and oxygen atoms in total. The SMILES string of the molecule is c1ccc(-c2ccccc2N(c2ccc(-c3cccc4c3oc3ccccc34)cc2)c2ccc3c4ccccc4c4ccccc4c4ccccc4c4cc5c(cc4c3c2)sc2ccccc25)cc1. The van der Waals surface area contributed by atoms with Crippen LogP contribution in [0, 0.1) is 0 Å². The zero-order chi connectivity index (χ0) is 45.4. The summed E-state index contributed by atoms with van der Waals surface area (Å²) >= 11 is 1.87. The van der Waals surface area contributed by atoms with Gasteiger partial charge < -0.3 is 9.32 Å². The van der Waals surface area contributed by atoms with E-state index in [-0.39, 0.29) is 0 Å². The number of anilines is 3. The molecule has 2 heterocycles. The number of benzene rings is 11. The van der Waals surface area contributed by atoms with Gasteiger partial charge in [-0.2, -0.15) is 0 Å². The van der Waals surface area contributed by atoms with E-state index >= 15 is 0 Å². The summed E-state index contributed by atoms with van der Waals surface area (Å²) < 4.78 is 9.10. The Bertz CT molecular complexity index is 4430. The Morgan fingerprint density at radius 1 is 0.275 bits per heavy atom. The first kappa shape index (κ1) is 39.4. The van der Waals surface area contributed by atoms with Gasteiger partial charge in [0, 0.05) is 53.4 Å². The lowest BCUT2D eigenvalue weighted by atomic mass is 9.93. The van der Waals surface area contributed by atoms with Gasteiger partial charge in [-0.25, -0.2) is 0 Å². The Balaban J connectivity index is 1.10. The van der Waals surface area contributed by atoms with Crippen molar-refractivity contribution in [3.05, 3.63) is 249 Å². The standard InChI is InChI=1S/C66H41NOS/c1-2-17-42(18-3-1)46-19-10-13-30-62(46)67(44-35-33-43(34-36-44)47-28-16-29-57-55-26-11-14-31-63(55)68-66(47)57)45-37-38-54-52-24-7-6-22-50(52)48-20-4-5-21-49(48)51-23-8-9-25-53(51)59-40-61-56-27-12-15-32-64(56)69-65(61)41-60(59)58(54)39-45/h1-41H. The first-order chi connectivity index (χ1) is 34.2. The van der Waals surface area contributed by atoms with Crippen LogP contribution in [-0.2, 0) is 0 Å². The summed E-state index contributed by atoms with van der Waals surface area (Å²) in [4.78, 5) is 2.44.